The summed E-state index contributed by atoms with van der Waals surface area (Å²) in [5, 5.41) is 9.18. The highest BCUT2D eigenvalue weighted by Gasteiger charge is 2.33. The number of alkyl halides is 3. The zero-order valence-corrected chi connectivity index (χ0v) is 19.6. The molecule has 0 aliphatic carbocycles. The number of fused-ring (bicyclic) bond motifs is 1. The first-order valence-electron chi connectivity index (χ1n) is 11.3. The van der Waals surface area contributed by atoms with Gasteiger partial charge in [-0.3, -0.25) is 4.79 Å². The second kappa shape index (κ2) is 10.1. The molecule has 1 aliphatic heterocycles. The van der Waals surface area contributed by atoms with Gasteiger partial charge >= 0.3 is 12.3 Å². The Balaban J connectivity index is 1.67. The fourth-order valence-electron chi connectivity index (χ4n) is 4.23. The smallest absolute Gasteiger partial charge is 0.497 e. The molecule has 0 saturated heterocycles. The van der Waals surface area contributed by atoms with E-state index in [-0.39, 0.29) is 16.9 Å². The summed E-state index contributed by atoms with van der Waals surface area (Å²) in [6.07, 6.45) is -4.10. The maximum absolute atomic E-state index is 14.5. The van der Waals surface area contributed by atoms with Gasteiger partial charge in [-0.25, -0.2) is 4.39 Å². The number of methoxy groups -OCH3 is 1. The van der Waals surface area contributed by atoms with E-state index in [1.165, 1.54) is 31.4 Å². The first kappa shape index (κ1) is 25.3. The summed E-state index contributed by atoms with van der Waals surface area (Å²) in [4.78, 5) is 11.2. The number of hydrogen-bond donors (Lipinski definition) is 1. The van der Waals surface area contributed by atoms with E-state index >= 15 is 0 Å². The minimum Gasteiger partial charge on any atom is -0.497 e. The Morgan fingerprint density at radius 2 is 1.89 bits per heavy atom. The Kier molecular flexibility index (Phi) is 7.10. The van der Waals surface area contributed by atoms with Gasteiger partial charge in [0.05, 0.1) is 13.0 Å². The van der Waals surface area contributed by atoms with Crippen molar-refractivity contribution in [2.24, 2.45) is 5.92 Å². The van der Waals surface area contributed by atoms with E-state index in [0.29, 0.717) is 30.6 Å². The molecule has 1 N–H and O–H groups in total. The third-order valence-corrected chi connectivity index (χ3v) is 6.11. The van der Waals surface area contributed by atoms with E-state index in [9.17, 15) is 27.5 Å². The summed E-state index contributed by atoms with van der Waals surface area (Å²) in [6, 6.07) is 13.5. The zero-order chi connectivity index (χ0) is 26.0. The number of benzene rings is 3. The van der Waals surface area contributed by atoms with Crippen LogP contribution in [0.2, 0.25) is 0 Å². The predicted molar refractivity (Wildman–Crippen MR) is 124 cm³/mol. The Labute approximate surface area is 205 Å². The van der Waals surface area contributed by atoms with Crippen molar-refractivity contribution in [1.82, 2.24) is 0 Å². The lowest BCUT2D eigenvalue weighted by Crippen LogP contribution is -2.19. The first-order valence-corrected chi connectivity index (χ1v) is 11.3. The molecule has 1 aliphatic rings. The summed E-state index contributed by atoms with van der Waals surface area (Å²) in [5.41, 5.74) is 1.99. The van der Waals surface area contributed by atoms with E-state index in [1.54, 1.807) is 19.1 Å². The summed E-state index contributed by atoms with van der Waals surface area (Å²) in [7, 11) is 1.37. The predicted octanol–water partition coefficient (Wildman–Crippen LogP) is 6.73. The maximum atomic E-state index is 14.5. The average Bonchev–Trinajstić information content (AvgIpc) is 2.83. The first-order chi connectivity index (χ1) is 17.0. The van der Waals surface area contributed by atoms with Crippen LogP contribution in [-0.4, -0.2) is 24.5 Å². The molecule has 0 aromatic heterocycles. The molecule has 3 aromatic carbocycles. The number of hydrogen-bond acceptors (Lipinski definition) is 4. The van der Waals surface area contributed by atoms with Gasteiger partial charge < -0.3 is 19.3 Å². The van der Waals surface area contributed by atoms with E-state index in [2.05, 4.69) is 4.74 Å². The second-order valence-corrected chi connectivity index (χ2v) is 8.68. The second-order valence-electron chi connectivity index (χ2n) is 8.68. The molecular formula is C27H24F4O5. The monoisotopic (exact) mass is 504 g/mol. The van der Waals surface area contributed by atoms with Crippen molar-refractivity contribution in [3.63, 3.8) is 0 Å². The molecular weight excluding hydrogens is 480 g/mol. The summed E-state index contributed by atoms with van der Waals surface area (Å²) in [5.74, 6) is -1.91. The number of aliphatic carboxylic acids is 1. The van der Waals surface area contributed by atoms with Crippen molar-refractivity contribution in [3.8, 4) is 28.4 Å². The fourth-order valence-corrected chi connectivity index (χ4v) is 4.23. The van der Waals surface area contributed by atoms with Gasteiger partial charge in [0, 0.05) is 11.1 Å². The van der Waals surface area contributed by atoms with Crippen LogP contribution in [0.5, 0.6) is 17.2 Å². The molecule has 1 heterocycles. The molecule has 36 heavy (non-hydrogen) atoms. The molecule has 0 radical (unpaired) electrons. The van der Waals surface area contributed by atoms with E-state index in [4.69, 9.17) is 9.47 Å². The number of ether oxygens (including phenoxy) is 3. The van der Waals surface area contributed by atoms with Crippen LogP contribution in [0.15, 0.2) is 54.6 Å². The van der Waals surface area contributed by atoms with Gasteiger partial charge in [-0.05, 0) is 66.3 Å². The minimum atomic E-state index is -4.99. The van der Waals surface area contributed by atoms with E-state index in [1.807, 2.05) is 12.1 Å². The van der Waals surface area contributed by atoms with Crippen molar-refractivity contribution < 1.29 is 41.7 Å². The molecule has 2 unspecified atom stereocenters. The van der Waals surface area contributed by atoms with Crippen molar-refractivity contribution in [1.29, 1.82) is 0 Å². The molecule has 4 rings (SSSR count). The van der Waals surface area contributed by atoms with Gasteiger partial charge in [0.2, 0.25) is 0 Å². The van der Waals surface area contributed by atoms with Crippen molar-refractivity contribution >= 4 is 5.97 Å². The Morgan fingerprint density at radius 3 is 2.58 bits per heavy atom. The number of halogens is 4. The Bertz CT molecular complexity index is 1270. The van der Waals surface area contributed by atoms with Crippen LogP contribution in [0, 0.1) is 11.7 Å². The third kappa shape index (κ3) is 5.72. The maximum Gasteiger partial charge on any atom is 0.573 e. The van der Waals surface area contributed by atoms with Crippen LogP contribution in [0.25, 0.3) is 11.1 Å². The SMILES string of the molecule is COc1ccc(F)c(-c2ccc(C3CCc4ccc(CC(C)C(=O)O)cc4O3)cc2OC(F)(F)F)c1. The van der Waals surface area contributed by atoms with Gasteiger partial charge in [0.15, 0.2) is 0 Å². The van der Waals surface area contributed by atoms with Crippen LogP contribution in [0.4, 0.5) is 17.6 Å². The van der Waals surface area contributed by atoms with Gasteiger partial charge in [-0.15, -0.1) is 13.2 Å². The molecule has 0 spiro atoms. The van der Waals surface area contributed by atoms with Crippen molar-refractivity contribution in [3.05, 3.63) is 77.1 Å². The zero-order valence-electron chi connectivity index (χ0n) is 19.6. The lowest BCUT2D eigenvalue weighted by atomic mass is 9.93. The van der Waals surface area contributed by atoms with Crippen LogP contribution < -0.4 is 14.2 Å². The molecule has 3 aromatic rings. The molecule has 0 saturated carbocycles. The number of rotatable bonds is 7. The summed E-state index contributed by atoms with van der Waals surface area (Å²) >= 11 is 0. The van der Waals surface area contributed by atoms with Gasteiger partial charge in [-0.1, -0.05) is 31.2 Å². The molecule has 5 nitrogen and oxygen atoms in total. The van der Waals surface area contributed by atoms with Crippen LogP contribution in [0.1, 0.15) is 36.1 Å². The Morgan fingerprint density at radius 1 is 1.11 bits per heavy atom. The molecule has 0 fully saturated rings. The van der Waals surface area contributed by atoms with Crippen molar-refractivity contribution in [2.75, 3.05) is 7.11 Å². The Hall–Kier alpha value is -3.75. The van der Waals surface area contributed by atoms with Crippen LogP contribution in [0.3, 0.4) is 0 Å². The molecule has 190 valence electrons. The number of aryl methyl sites for hydroxylation is 1. The summed E-state index contributed by atoms with van der Waals surface area (Å²) < 4.78 is 69.8. The minimum absolute atomic E-state index is 0.0753. The van der Waals surface area contributed by atoms with Gasteiger partial charge in [0.25, 0.3) is 0 Å². The quantitative estimate of drug-likeness (QED) is 0.362. The van der Waals surface area contributed by atoms with Gasteiger partial charge in [-0.2, -0.15) is 0 Å². The van der Waals surface area contributed by atoms with Crippen LogP contribution >= 0.6 is 0 Å². The average molecular weight is 504 g/mol. The third-order valence-electron chi connectivity index (χ3n) is 6.11. The standard InChI is InChI=1S/C27H24F4O5/c1-15(26(32)33)11-16-3-4-17-6-10-23(35-24(17)12-16)18-5-8-20(25(13-18)36-27(29,30)31)21-14-19(34-2)7-9-22(21)28/h3-5,7-9,12-15,23H,6,10-11H2,1-2H3,(H,32,33). The highest BCUT2D eigenvalue weighted by atomic mass is 19.4. The van der Waals surface area contributed by atoms with Gasteiger partial charge in [0.1, 0.15) is 29.2 Å². The lowest BCUT2D eigenvalue weighted by Gasteiger charge is -2.28. The van der Waals surface area contributed by atoms with E-state index in [0.717, 1.165) is 17.2 Å². The molecule has 0 bridgehead atoms. The number of carboxylic acid groups (broad SMARTS) is 1. The number of carboxylic acids is 1. The van der Waals surface area contributed by atoms with Crippen LogP contribution in [-0.2, 0) is 17.6 Å². The normalized spacial score (nSPS) is 16.0. The highest BCUT2D eigenvalue weighted by molar-refractivity contribution is 5.73. The molecule has 9 heteroatoms. The number of carbonyl (C=O) groups is 1. The highest BCUT2D eigenvalue weighted by Crippen LogP contribution is 2.41. The topological polar surface area (TPSA) is 65.0 Å². The molecule has 0 amide bonds. The molecule has 2 atom stereocenters. The summed E-state index contributed by atoms with van der Waals surface area (Å²) in [6.45, 7) is 1.61. The largest absolute Gasteiger partial charge is 0.573 e. The lowest BCUT2D eigenvalue weighted by molar-refractivity contribution is -0.274. The fraction of sp³-hybridized carbons (Fsp3) is 0.296. The van der Waals surface area contributed by atoms with Crippen molar-refractivity contribution in [2.45, 2.75) is 38.7 Å². The van der Waals surface area contributed by atoms with E-state index < -0.39 is 35.9 Å².